The molecule has 4 rings (SSSR count). The molecule has 0 bridgehead atoms. The third-order valence-electron chi connectivity index (χ3n) is 5.44. The second-order valence-electron chi connectivity index (χ2n) is 7.58. The molecular formula is C23H26ClN3O4. The number of rotatable bonds is 6. The van der Waals surface area contributed by atoms with Crippen LogP contribution in [0.2, 0.25) is 5.02 Å². The summed E-state index contributed by atoms with van der Waals surface area (Å²) >= 11 is 6.22. The van der Waals surface area contributed by atoms with Gasteiger partial charge in [0.15, 0.2) is 11.5 Å². The Kier molecular flexibility index (Phi) is 6.82. The van der Waals surface area contributed by atoms with Crippen LogP contribution in [0, 0.1) is 0 Å². The van der Waals surface area contributed by atoms with E-state index in [2.05, 4.69) is 22.3 Å². The van der Waals surface area contributed by atoms with E-state index in [0.29, 0.717) is 55.8 Å². The number of hydrogen-bond donors (Lipinski definition) is 1. The predicted molar refractivity (Wildman–Crippen MR) is 119 cm³/mol. The minimum atomic E-state index is -0.158. The number of amides is 2. The Balaban J connectivity index is 1.19. The summed E-state index contributed by atoms with van der Waals surface area (Å²) in [6.45, 7) is 4.24. The zero-order chi connectivity index (χ0) is 21.6. The Hall–Kier alpha value is -2.93. The maximum Gasteiger partial charge on any atom is 0.224 e. The lowest BCUT2D eigenvalue weighted by Crippen LogP contribution is -2.49. The second-order valence-corrected chi connectivity index (χ2v) is 7.99. The Morgan fingerprint density at radius 2 is 1.74 bits per heavy atom. The van der Waals surface area contributed by atoms with Crippen molar-refractivity contribution in [1.29, 1.82) is 0 Å². The van der Waals surface area contributed by atoms with E-state index >= 15 is 0 Å². The fourth-order valence-electron chi connectivity index (χ4n) is 3.83. The highest BCUT2D eigenvalue weighted by atomic mass is 35.5. The smallest absolute Gasteiger partial charge is 0.224 e. The van der Waals surface area contributed by atoms with Crippen molar-refractivity contribution < 1.29 is 19.1 Å². The van der Waals surface area contributed by atoms with Crippen LogP contribution in [0.25, 0.3) is 0 Å². The molecule has 0 spiro atoms. The number of anilines is 1. The third kappa shape index (κ3) is 5.41. The van der Waals surface area contributed by atoms with Gasteiger partial charge in [0, 0.05) is 44.8 Å². The van der Waals surface area contributed by atoms with Crippen molar-refractivity contribution in [2.45, 2.75) is 12.8 Å². The van der Waals surface area contributed by atoms with Gasteiger partial charge in [-0.1, -0.05) is 29.8 Å². The number of halogens is 1. The summed E-state index contributed by atoms with van der Waals surface area (Å²) in [6.07, 6.45) is 0.458. The van der Waals surface area contributed by atoms with E-state index in [1.165, 1.54) is 5.69 Å². The van der Waals surface area contributed by atoms with Gasteiger partial charge in [0.1, 0.15) is 13.2 Å². The highest BCUT2D eigenvalue weighted by molar-refractivity contribution is 6.32. The molecule has 0 saturated carbocycles. The number of fused-ring (bicyclic) bond motifs is 1. The average molecular weight is 444 g/mol. The zero-order valence-corrected chi connectivity index (χ0v) is 18.1. The van der Waals surface area contributed by atoms with Crippen molar-refractivity contribution >= 4 is 29.1 Å². The number of carbonyl (C=O) groups excluding carboxylic acids is 2. The first-order valence-electron chi connectivity index (χ1n) is 10.5. The van der Waals surface area contributed by atoms with Gasteiger partial charge in [-0.25, -0.2) is 0 Å². The monoisotopic (exact) mass is 443 g/mol. The molecular weight excluding hydrogens is 418 g/mol. The molecule has 1 saturated heterocycles. The Morgan fingerprint density at radius 1 is 1.00 bits per heavy atom. The number of ether oxygens (including phenoxy) is 2. The van der Waals surface area contributed by atoms with E-state index in [-0.39, 0.29) is 18.2 Å². The summed E-state index contributed by atoms with van der Waals surface area (Å²) in [5, 5.41) is 3.26. The van der Waals surface area contributed by atoms with E-state index in [1.54, 1.807) is 12.1 Å². The van der Waals surface area contributed by atoms with Crippen molar-refractivity contribution in [2.75, 3.05) is 50.8 Å². The average Bonchev–Trinajstić information content (AvgIpc) is 2.80. The van der Waals surface area contributed by atoms with Crippen molar-refractivity contribution in [2.24, 2.45) is 0 Å². The maximum atomic E-state index is 12.5. The van der Waals surface area contributed by atoms with Crippen LogP contribution in [0.5, 0.6) is 11.5 Å². The number of carbonyl (C=O) groups is 2. The number of para-hydroxylation sites is 1. The molecule has 0 unspecified atom stereocenters. The normalized spacial score (nSPS) is 15.5. The molecule has 1 N–H and O–H groups in total. The first-order chi connectivity index (χ1) is 15.1. The molecule has 2 amide bonds. The summed E-state index contributed by atoms with van der Waals surface area (Å²) in [7, 11) is 0. The number of nitrogens with one attached hydrogen (secondary N) is 1. The van der Waals surface area contributed by atoms with Gasteiger partial charge in [0.05, 0.1) is 11.4 Å². The SMILES string of the molecule is O=C(Cc1cc(Cl)c2c(c1)OCCO2)NCCC(=O)N1CCN(c2ccccc2)CC1. The molecule has 2 aliphatic heterocycles. The first-order valence-corrected chi connectivity index (χ1v) is 10.9. The van der Waals surface area contributed by atoms with Crippen LogP contribution in [-0.2, 0) is 16.0 Å². The molecule has 0 aromatic heterocycles. The largest absolute Gasteiger partial charge is 0.486 e. The van der Waals surface area contributed by atoms with Gasteiger partial charge in [-0.2, -0.15) is 0 Å². The van der Waals surface area contributed by atoms with Crippen molar-refractivity contribution in [3.63, 3.8) is 0 Å². The van der Waals surface area contributed by atoms with Gasteiger partial charge in [0.25, 0.3) is 0 Å². The summed E-state index contributed by atoms with van der Waals surface area (Å²) in [4.78, 5) is 28.9. The Morgan fingerprint density at radius 3 is 2.52 bits per heavy atom. The van der Waals surface area contributed by atoms with Crippen LogP contribution in [0.3, 0.4) is 0 Å². The molecule has 31 heavy (non-hydrogen) atoms. The van der Waals surface area contributed by atoms with Crippen molar-refractivity contribution in [1.82, 2.24) is 10.2 Å². The fraction of sp³-hybridized carbons (Fsp3) is 0.391. The lowest BCUT2D eigenvalue weighted by atomic mass is 10.1. The molecule has 7 nitrogen and oxygen atoms in total. The molecule has 164 valence electrons. The van der Waals surface area contributed by atoms with E-state index in [9.17, 15) is 9.59 Å². The lowest BCUT2D eigenvalue weighted by molar-refractivity contribution is -0.131. The van der Waals surface area contributed by atoms with E-state index in [0.717, 1.165) is 18.7 Å². The minimum absolute atomic E-state index is 0.0652. The number of benzene rings is 2. The molecule has 2 aromatic rings. The van der Waals surface area contributed by atoms with Crippen LogP contribution in [0.1, 0.15) is 12.0 Å². The van der Waals surface area contributed by atoms with Gasteiger partial charge < -0.3 is 24.6 Å². The first kappa shape index (κ1) is 21.3. The number of nitrogens with zero attached hydrogens (tertiary/aromatic N) is 2. The Bertz CT molecular complexity index is 930. The van der Waals surface area contributed by atoms with Crippen LogP contribution < -0.4 is 19.7 Å². The van der Waals surface area contributed by atoms with Crippen LogP contribution in [0.4, 0.5) is 5.69 Å². The summed E-state index contributed by atoms with van der Waals surface area (Å²) in [5.41, 5.74) is 1.93. The molecule has 1 fully saturated rings. The van der Waals surface area contributed by atoms with Gasteiger partial charge >= 0.3 is 0 Å². The summed E-state index contributed by atoms with van der Waals surface area (Å²) in [6, 6.07) is 13.7. The quantitative estimate of drug-likeness (QED) is 0.742. The van der Waals surface area contributed by atoms with Crippen molar-refractivity contribution in [3.05, 3.63) is 53.1 Å². The molecule has 2 aromatic carbocycles. The molecule has 0 radical (unpaired) electrons. The number of hydrogen-bond acceptors (Lipinski definition) is 5. The lowest BCUT2D eigenvalue weighted by Gasteiger charge is -2.36. The topological polar surface area (TPSA) is 71.1 Å². The Labute approximate surface area is 186 Å². The fourth-order valence-corrected chi connectivity index (χ4v) is 4.12. The van der Waals surface area contributed by atoms with Gasteiger partial charge in [-0.3, -0.25) is 9.59 Å². The zero-order valence-electron chi connectivity index (χ0n) is 17.3. The summed E-state index contributed by atoms with van der Waals surface area (Å²) < 4.78 is 11.0. The minimum Gasteiger partial charge on any atom is -0.486 e. The van der Waals surface area contributed by atoms with Gasteiger partial charge in [-0.15, -0.1) is 0 Å². The van der Waals surface area contributed by atoms with E-state index in [1.807, 2.05) is 23.1 Å². The molecule has 2 heterocycles. The summed E-state index contributed by atoms with van der Waals surface area (Å²) in [5.74, 6) is 0.992. The van der Waals surface area contributed by atoms with Crippen molar-refractivity contribution in [3.8, 4) is 11.5 Å². The van der Waals surface area contributed by atoms with Crippen LogP contribution in [0.15, 0.2) is 42.5 Å². The molecule has 8 heteroatoms. The standard InChI is InChI=1S/C23H26ClN3O4/c24-19-14-17(15-20-23(19)31-13-12-30-20)16-21(28)25-7-6-22(29)27-10-8-26(9-11-27)18-4-2-1-3-5-18/h1-5,14-15H,6-13,16H2,(H,25,28). The maximum absolute atomic E-state index is 12.5. The number of piperazine rings is 1. The molecule has 0 aliphatic carbocycles. The van der Waals surface area contributed by atoms with Gasteiger partial charge in [0.2, 0.25) is 11.8 Å². The second kappa shape index (κ2) is 9.92. The van der Waals surface area contributed by atoms with Crippen LogP contribution >= 0.6 is 11.6 Å². The van der Waals surface area contributed by atoms with Crippen LogP contribution in [-0.4, -0.2) is 62.7 Å². The molecule has 0 atom stereocenters. The van der Waals surface area contributed by atoms with E-state index in [4.69, 9.17) is 21.1 Å². The van der Waals surface area contributed by atoms with Gasteiger partial charge in [-0.05, 0) is 29.8 Å². The highest BCUT2D eigenvalue weighted by Gasteiger charge is 2.21. The highest BCUT2D eigenvalue weighted by Crippen LogP contribution is 2.38. The molecule has 2 aliphatic rings. The van der Waals surface area contributed by atoms with E-state index < -0.39 is 0 Å². The predicted octanol–water partition coefficient (Wildman–Crippen LogP) is 2.51. The third-order valence-corrected chi connectivity index (χ3v) is 5.72.